The van der Waals surface area contributed by atoms with Crippen LogP contribution in [0, 0.1) is 0 Å². The van der Waals surface area contributed by atoms with Gasteiger partial charge in [-0.05, 0) is 39.0 Å². The number of carbonyl (C=O) groups is 2. The Morgan fingerprint density at radius 3 is 2.41 bits per heavy atom. The Labute approximate surface area is 140 Å². The standard InChI is InChI=1S/C15H19Cl2NO4/c1-4-18(5-2)15(20)10(3)22-14(19)9-21-13-7-6-11(16)8-12(13)17/h6-8,10H,4-5,9H2,1-3H3/t10-/m0/s1. The van der Waals surface area contributed by atoms with E-state index in [0.29, 0.717) is 28.9 Å². The second-order valence-corrected chi connectivity index (χ2v) is 5.35. The van der Waals surface area contributed by atoms with Crippen LogP contribution in [-0.2, 0) is 14.3 Å². The minimum Gasteiger partial charge on any atom is -0.480 e. The highest BCUT2D eigenvalue weighted by atomic mass is 35.5. The summed E-state index contributed by atoms with van der Waals surface area (Å²) in [6, 6.07) is 4.67. The highest BCUT2D eigenvalue weighted by Gasteiger charge is 2.22. The summed E-state index contributed by atoms with van der Waals surface area (Å²) in [4.78, 5) is 25.3. The molecule has 122 valence electrons. The number of halogens is 2. The van der Waals surface area contributed by atoms with E-state index in [1.165, 1.54) is 13.0 Å². The Hall–Kier alpha value is -1.46. The number of rotatable bonds is 7. The SMILES string of the molecule is CCN(CC)C(=O)[C@H](C)OC(=O)COc1ccc(Cl)cc1Cl. The molecule has 1 amide bonds. The van der Waals surface area contributed by atoms with Gasteiger partial charge in [-0.3, -0.25) is 4.79 Å². The van der Waals surface area contributed by atoms with E-state index in [1.54, 1.807) is 17.0 Å². The van der Waals surface area contributed by atoms with Gasteiger partial charge in [0.2, 0.25) is 0 Å². The van der Waals surface area contributed by atoms with Crippen LogP contribution in [0.15, 0.2) is 18.2 Å². The highest BCUT2D eigenvalue weighted by molar-refractivity contribution is 6.35. The number of ether oxygens (including phenoxy) is 2. The minimum absolute atomic E-state index is 0.233. The van der Waals surface area contributed by atoms with Crippen molar-refractivity contribution in [3.8, 4) is 5.75 Å². The number of likely N-dealkylation sites (N-methyl/N-ethyl adjacent to an activating group) is 1. The normalized spacial score (nSPS) is 11.7. The lowest BCUT2D eigenvalue weighted by Gasteiger charge is -2.22. The zero-order chi connectivity index (χ0) is 16.7. The summed E-state index contributed by atoms with van der Waals surface area (Å²) < 4.78 is 10.3. The van der Waals surface area contributed by atoms with Crippen LogP contribution in [0.5, 0.6) is 5.75 Å². The first kappa shape index (κ1) is 18.6. The maximum absolute atomic E-state index is 12.0. The zero-order valence-electron chi connectivity index (χ0n) is 12.8. The van der Waals surface area contributed by atoms with Gasteiger partial charge in [-0.15, -0.1) is 0 Å². The Balaban J connectivity index is 2.50. The van der Waals surface area contributed by atoms with Crippen LogP contribution in [0.1, 0.15) is 20.8 Å². The molecule has 0 N–H and O–H groups in total. The molecule has 0 aliphatic rings. The number of benzene rings is 1. The second kappa shape index (κ2) is 8.86. The summed E-state index contributed by atoms with van der Waals surface area (Å²) in [5.41, 5.74) is 0. The first-order chi connectivity index (χ1) is 10.4. The third-order valence-corrected chi connectivity index (χ3v) is 3.50. The fourth-order valence-corrected chi connectivity index (χ4v) is 2.27. The van der Waals surface area contributed by atoms with Crippen LogP contribution < -0.4 is 4.74 Å². The molecule has 0 heterocycles. The lowest BCUT2D eigenvalue weighted by molar-refractivity contribution is -0.160. The molecule has 0 bridgehead atoms. The Bertz CT molecular complexity index is 532. The average molecular weight is 348 g/mol. The number of hydrogen-bond acceptors (Lipinski definition) is 4. The molecule has 1 rings (SSSR count). The molecule has 0 saturated carbocycles. The predicted octanol–water partition coefficient (Wildman–Crippen LogP) is 3.17. The first-order valence-corrected chi connectivity index (χ1v) is 7.70. The van der Waals surface area contributed by atoms with Gasteiger partial charge in [0.25, 0.3) is 5.91 Å². The predicted molar refractivity (Wildman–Crippen MR) is 85.4 cm³/mol. The van der Waals surface area contributed by atoms with E-state index in [1.807, 2.05) is 13.8 Å². The summed E-state index contributed by atoms with van der Waals surface area (Å²) in [6.07, 6.45) is -0.850. The van der Waals surface area contributed by atoms with Gasteiger partial charge >= 0.3 is 5.97 Å². The molecule has 0 fully saturated rings. The van der Waals surface area contributed by atoms with Crippen molar-refractivity contribution in [1.82, 2.24) is 4.90 Å². The van der Waals surface area contributed by atoms with Crippen molar-refractivity contribution in [2.45, 2.75) is 26.9 Å². The molecule has 1 aromatic rings. The molecule has 1 aromatic carbocycles. The lowest BCUT2D eigenvalue weighted by Crippen LogP contribution is -2.40. The molecule has 0 unspecified atom stereocenters. The maximum Gasteiger partial charge on any atom is 0.344 e. The van der Waals surface area contributed by atoms with E-state index in [0.717, 1.165) is 0 Å². The minimum atomic E-state index is -0.850. The largest absolute Gasteiger partial charge is 0.480 e. The first-order valence-electron chi connectivity index (χ1n) is 6.95. The molecule has 1 atom stereocenters. The number of amides is 1. The monoisotopic (exact) mass is 347 g/mol. The molecular formula is C15H19Cl2NO4. The van der Waals surface area contributed by atoms with Gasteiger partial charge in [0.15, 0.2) is 12.7 Å². The van der Waals surface area contributed by atoms with Crippen LogP contribution in [0.2, 0.25) is 10.0 Å². The third-order valence-electron chi connectivity index (χ3n) is 2.97. The van der Waals surface area contributed by atoms with E-state index in [-0.39, 0.29) is 12.5 Å². The van der Waals surface area contributed by atoms with Gasteiger partial charge in [-0.2, -0.15) is 0 Å². The lowest BCUT2D eigenvalue weighted by atomic mass is 10.3. The third kappa shape index (κ3) is 5.39. The highest BCUT2D eigenvalue weighted by Crippen LogP contribution is 2.27. The number of hydrogen-bond donors (Lipinski definition) is 0. The molecular weight excluding hydrogens is 329 g/mol. The van der Waals surface area contributed by atoms with Gasteiger partial charge in [0, 0.05) is 18.1 Å². The summed E-state index contributed by atoms with van der Waals surface area (Å²) in [7, 11) is 0. The van der Waals surface area contributed by atoms with Crippen molar-refractivity contribution >= 4 is 35.1 Å². The van der Waals surface area contributed by atoms with Crippen LogP contribution >= 0.6 is 23.2 Å². The molecule has 0 aromatic heterocycles. The molecule has 0 spiro atoms. The second-order valence-electron chi connectivity index (χ2n) is 4.51. The number of nitrogens with zero attached hydrogens (tertiary/aromatic N) is 1. The number of carbonyl (C=O) groups excluding carboxylic acids is 2. The van der Waals surface area contributed by atoms with Crippen molar-refractivity contribution < 1.29 is 19.1 Å². The Morgan fingerprint density at radius 2 is 1.86 bits per heavy atom. The van der Waals surface area contributed by atoms with E-state index in [9.17, 15) is 9.59 Å². The van der Waals surface area contributed by atoms with Gasteiger partial charge in [0.1, 0.15) is 5.75 Å². The summed E-state index contributed by atoms with van der Waals surface area (Å²) in [6.45, 7) is 6.05. The summed E-state index contributed by atoms with van der Waals surface area (Å²) in [5, 5.41) is 0.769. The summed E-state index contributed by atoms with van der Waals surface area (Å²) in [5.74, 6) is -0.548. The van der Waals surface area contributed by atoms with Crippen molar-refractivity contribution in [2.24, 2.45) is 0 Å². The fraction of sp³-hybridized carbons (Fsp3) is 0.467. The molecule has 0 aliphatic carbocycles. The number of esters is 1. The Kier molecular flexibility index (Phi) is 7.48. The molecule has 7 heteroatoms. The average Bonchev–Trinajstić information content (AvgIpc) is 2.47. The van der Waals surface area contributed by atoms with E-state index >= 15 is 0 Å². The molecule has 5 nitrogen and oxygen atoms in total. The van der Waals surface area contributed by atoms with Crippen LogP contribution in [-0.4, -0.2) is 42.6 Å². The van der Waals surface area contributed by atoms with Crippen molar-refractivity contribution in [3.63, 3.8) is 0 Å². The molecule has 22 heavy (non-hydrogen) atoms. The van der Waals surface area contributed by atoms with E-state index in [4.69, 9.17) is 32.7 Å². The molecule has 0 radical (unpaired) electrons. The van der Waals surface area contributed by atoms with Gasteiger partial charge in [0.05, 0.1) is 5.02 Å². The van der Waals surface area contributed by atoms with Crippen LogP contribution in [0.4, 0.5) is 0 Å². The van der Waals surface area contributed by atoms with Crippen molar-refractivity contribution in [1.29, 1.82) is 0 Å². The molecule has 0 aliphatic heterocycles. The quantitative estimate of drug-likeness (QED) is 0.711. The summed E-state index contributed by atoms with van der Waals surface area (Å²) >= 11 is 11.7. The zero-order valence-corrected chi connectivity index (χ0v) is 14.3. The van der Waals surface area contributed by atoms with Crippen LogP contribution in [0.3, 0.4) is 0 Å². The van der Waals surface area contributed by atoms with Gasteiger partial charge < -0.3 is 14.4 Å². The van der Waals surface area contributed by atoms with Gasteiger partial charge in [-0.25, -0.2) is 4.79 Å². The maximum atomic E-state index is 12.0. The van der Waals surface area contributed by atoms with Crippen molar-refractivity contribution in [3.05, 3.63) is 28.2 Å². The Morgan fingerprint density at radius 1 is 1.23 bits per heavy atom. The van der Waals surface area contributed by atoms with Crippen LogP contribution in [0.25, 0.3) is 0 Å². The van der Waals surface area contributed by atoms with E-state index < -0.39 is 12.1 Å². The fourth-order valence-electron chi connectivity index (χ4n) is 1.80. The smallest absolute Gasteiger partial charge is 0.344 e. The van der Waals surface area contributed by atoms with Crippen molar-refractivity contribution in [2.75, 3.05) is 19.7 Å². The topological polar surface area (TPSA) is 55.8 Å². The van der Waals surface area contributed by atoms with Gasteiger partial charge in [-0.1, -0.05) is 23.2 Å². The molecule has 0 saturated heterocycles. The van der Waals surface area contributed by atoms with E-state index in [2.05, 4.69) is 0 Å².